The molecule has 0 bridgehead atoms. The van der Waals surface area contributed by atoms with Crippen LogP contribution >= 0.6 is 7.82 Å². The maximum absolute atomic E-state index is 12.6. The zero-order valence-corrected chi connectivity index (χ0v) is 36.3. The molecule has 0 aromatic rings. The van der Waals surface area contributed by atoms with Gasteiger partial charge in [-0.25, -0.2) is 4.57 Å². The van der Waals surface area contributed by atoms with Gasteiger partial charge in [0.25, 0.3) is 0 Å². The van der Waals surface area contributed by atoms with Crippen LogP contribution in [-0.2, 0) is 32.7 Å². The van der Waals surface area contributed by atoms with Gasteiger partial charge in [0.1, 0.15) is 19.8 Å². The third kappa shape index (κ3) is 40.9. The van der Waals surface area contributed by atoms with Gasteiger partial charge in [-0.05, 0) is 57.8 Å². The van der Waals surface area contributed by atoms with Crippen molar-refractivity contribution in [2.45, 2.75) is 155 Å². The Kier molecular flexibility index (Phi) is 35.3. The van der Waals surface area contributed by atoms with Gasteiger partial charge in [0, 0.05) is 12.8 Å². The minimum Gasteiger partial charge on any atom is -0.462 e. The Hall–Kier alpha value is -2.55. The molecule has 0 aromatic heterocycles. The minimum absolute atomic E-state index is 0.0146. The summed E-state index contributed by atoms with van der Waals surface area (Å²) in [4.78, 5) is 35.3. The summed E-state index contributed by atoms with van der Waals surface area (Å²) < 4.78 is 34.1. The van der Waals surface area contributed by atoms with Crippen LogP contribution in [0.1, 0.15) is 149 Å². The van der Waals surface area contributed by atoms with Gasteiger partial charge < -0.3 is 18.9 Å². The molecule has 0 aliphatic heterocycles. The quantitative estimate of drug-likeness (QED) is 0.0165. The van der Waals surface area contributed by atoms with Crippen molar-refractivity contribution in [1.29, 1.82) is 0 Å². The number of quaternary nitrogens is 1. The molecule has 0 aliphatic carbocycles. The third-order valence-corrected chi connectivity index (χ3v) is 9.55. The van der Waals surface area contributed by atoms with Crippen LogP contribution in [0.4, 0.5) is 0 Å². The number of carbonyl (C=O) groups is 2. The monoisotopic (exact) mass is 793 g/mol. The highest BCUT2D eigenvalue weighted by Crippen LogP contribution is 2.43. The van der Waals surface area contributed by atoms with Crippen molar-refractivity contribution in [1.82, 2.24) is 0 Å². The molecule has 10 heteroatoms. The van der Waals surface area contributed by atoms with E-state index in [1.807, 2.05) is 51.5 Å². The van der Waals surface area contributed by atoms with Crippen LogP contribution in [0, 0.1) is 0 Å². The second-order valence-electron chi connectivity index (χ2n) is 15.1. The van der Waals surface area contributed by atoms with Crippen molar-refractivity contribution in [2.75, 3.05) is 47.5 Å². The molecule has 2 unspecified atom stereocenters. The molecule has 9 nitrogen and oxygen atoms in total. The Balaban J connectivity index is 4.51. The lowest BCUT2D eigenvalue weighted by Gasteiger charge is -2.24. The van der Waals surface area contributed by atoms with E-state index in [0.717, 1.165) is 51.4 Å². The molecule has 0 aromatic carbocycles. The first-order chi connectivity index (χ1) is 26.5. The fraction of sp³-hybridized carbons (Fsp3) is 0.689. The van der Waals surface area contributed by atoms with Crippen LogP contribution in [-0.4, -0.2) is 74.9 Å². The van der Waals surface area contributed by atoms with Gasteiger partial charge in [-0.3, -0.25) is 18.6 Å². The highest BCUT2D eigenvalue weighted by atomic mass is 31.2. The molecular formula is C45H79NO8P+. The molecule has 0 saturated heterocycles. The van der Waals surface area contributed by atoms with E-state index in [1.54, 1.807) is 0 Å². The zero-order chi connectivity index (χ0) is 40.7. The normalized spacial score (nSPS) is 14.4. The first-order valence-electron chi connectivity index (χ1n) is 21.2. The number of allylic oxidation sites excluding steroid dienone is 12. The van der Waals surface area contributed by atoms with Crippen molar-refractivity contribution < 1.29 is 42.1 Å². The maximum Gasteiger partial charge on any atom is 0.472 e. The average Bonchev–Trinajstić information content (AvgIpc) is 3.13. The lowest BCUT2D eigenvalue weighted by Crippen LogP contribution is -2.37. The van der Waals surface area contributed by atoms with Crippen molar-refractivity contribution in [3.8, 4) is 0 Å². The van der Waals surface area contributed by atoms with E-state index < -0.39 is 32.5 Å². The number of rotatable bonds is 37. The summed E-state index contributed by atoms with van der Waals surface area (Å²) in [5.74, 6) is -0.911. The number of nitrogens with zero attached hydrogens (tertiary/aromatic N) is 1. The van der Waals surface area contributed by atoms with E-state index in [1.165, 1.54) is 57.8 Å². The van der Waals surface area contributed by atoms with E-state index >= 15 is 0 Å². The van der Waals surface area contributed by atoms with Crippen LogP contribution in [0.25, 0.3) is 0 Å². The predicted octanol–water partition coefficient (Wildman–Crippen LogP) is 11.9. The van der Waals surface area contributed by atoms with Gasteiger partial charge in [-0.1, -0.05) is 151 Å². The SMILES string of the molecule is CCCCC/C=C/C=C/C=C/C=C/CCCCCCCC(=O)OCC(COP(=O)(O)OCC[N+](C)(C)C)OC(=O)CC/C=C/C/C=C/CCCCCCCC. The molecule has 0 rings (SSSR count). The molecule has 316 valence electrons. The van der Waals surface area contributed by atoms with Gasteiger partial charge in [0.05, 0.1) is 27.7 Å². The van der Waals surface area contributed by atoms with E-state index in [0.29, 0.717) is 23.9 Å². The van der Waals surface area contributed by atoms with Crippen molar-refractivity contribution in [3.63, 3.8) is 0 Å². The molecular weight excluding hydrogens is 713 g/mol. The standard InChI is InChI=1S/C45H78NO8P/c1-6-8-10-12-14-16-18-20-21-22-23-24-26-27-29-31-33-35-37-44(47)51-41-43(42-53-55(49,50)52-40-39-46(3,4)5)54-45(48)38-36-34-32-30-28-25-19-17-15-13-11-9-7-2/h14,16,18,20-25,28,32,34,43H,6-13,15,17,19,26-27,29-31,33,35-42H2,1-5H3/p+1/b16-14+,20-18+,22-21+,24-23+,28-25+,34-32+. The minimum atomic E-state index is -4.40. The van der Waals surface area contributed by atoms with Crippen LogP contribution in [0.15, 0.2) is 72.9 Å². The fourth-order valence-corrected chi connectivity index (χ4v) is 5.94. The number of hydrogen-bond acceptors (Lipinski definition) is 7. The van der Waals surface area contributed by atoms with Crippen molar-refractivity contribution in [2.24, 2.45) is 0 Å². The Morgan fingerprint density at radius 3 is 1.71 bits per heavy atom. The maximum atomic E-state index is 12.6. The molecule has 0 heterocycles. The van der Waals surface area contributed by atoms with Crippen LogP contribution < -0.4 is 0 Å². The summed E-state index contributed by atoms with van der Waals surface area (Å²) in [7, 11) is 1.42. The fourth-order valence-electron chi connectivity index (χ4n) is 5.19. The van der Waals surface area contributed by atoms with Gasteiger partial charge in [-0.2, -0.15) is 0 Å². The number of hydrogen-bond donors (Lipinski definition) is 1. The zero-order valence-electron chi connectivity index (χ0n) is 35.4. The van der Waals surface area contributed by atoms with Crippen LogP contribution in [0.5, 0.6) is 0 Å². The lowest BCUT2D eigenvalue weighted by atomic mass is 10.1. The number of likely N-dealkylation sites (N-methyl/N-ethyl adjacent to an activating group) is 1. The smallest absolute Gasteiger partial charge is 0.462 e. The summed E-state index contributed by atoms with van der Waals surface area (Å²) >= 11 is 0. The summed E-state index contributed by atoms with van der Waals surface area (Å²) in [6.45, 7) is 4.25. The summed E-state index contributed by atoms with van der Waals surface area (Å²) in [6.07, 6.45) is 45.3. The number of phosphoric ester groups is 1. The van der Waals surface area contributed by atoms with Gasteiger partial charge in [0.2, 0.25) is 0 Å². The number of esters is 2. The number of unbranched alkanes of at least 4 members (excludes halogenated alkanes) is 14. The molecule has 0 aliphatic rings. The number of ether oxygens (including phenoxy) is 2. The van der Waals surface area contributed by atoms with Crippen LogP contribution in [0.3, 0.4) is 0 Å². The molecule has 0 saturated carbocycles. The average molecular weight is 793 g/mol. The molecule has 0 amide bonds. The number of carbonyl (C=O) groups excluding carboxylic acids is 2. The first kappa shape index (κ1) is 52.5. The highest BCUT2D eigenvalue weighted by molar-refractivity contribution is 7.47. The third-order valence-electron chi connectivity index (χ3n) is 8.57. The van der Waals surface area contributed by atoms with Gasteiger partial charge >= 0.3 is 19.8 Å². The molecule has 0 fully saturated rings. The highest BCUT2D eigenvalue weighted by Gasteiger charge is 2.27. The van der Waals surface area contributed by atoms with Crippen molar-refractivity contribution in [3.05, 3.63) is 72.9 Å². The summed E-state index contributed by atoms with van der Waals surface area (Å²) in [5, 5.41) is 0. The summed E-state index contributed by atoms with van der Waals surface area (Å²) in [6, 6.07) is 0. The molecule has 55 heavy (non-hydrogen) atoms. The molecule has 0 radical (unpaired) electrons. The van der Waals surface area contributed by atoms with E-state index in [9.17, 15) is 19.0 Å². The molecule has 1 N–H and O–H groups in total. The van der Waals surface area contributed by atoms with E-state index in [2.05, 4.69) is 56.4 Å². The number of phosphoric acid groups is 1. The Labute approximate surface area is 336 Å². The van der Waals surface area contributed by atoms with Crippen molar-refractivity contribution >= 4 is 19.8 Å². The molecule has 0 spiro atoms. The molecule has 2 atom stereocenters. The van der Waals surface area contributed by atoms with Gasteiger partial charge in [0.15, 0.2) is 6.10 Å². The lowest BCUT2D eigenvalue weighted by molar-refractivity contribution is -0.870. The van der Waals surface area contributed by atoms with E-state index in [4.69, 9.17) is 18.5 Å². The second-order valence-corrected chi connectivity index (χ2v) is 16.6. The Bertz CT molecular complexity index is 1170. The van der Waals surface area contributed by atoms with Gasteiger partial charge in [-0.15, -0.1) is 0 Å². The van der Waals surface area contributed by atoms with Crippen LogP contribution in [0.2, 0.25) is 0 Å². The predicted molar refractivity (Wildman–Crippen MR) is 229 cm³/mol. The largest absolute Gasteiger partial charge is 0.472 e. The summed E-state index contributed by atoms with van der Waals surface area (Å²) in [5.41, 5.74) is 0. The first-order valence-corrected chi connectivity index (χ1v) is 22.7. The Morgan fingerprint density at radius 1 is 0.582 bits per heavy atom. The second kappa shape index (κ2) is 37.1. The van der Waals surface area contributed by atoms with E-state index in [-0.39, 0.29) is 26.1 Å². The topological polar surface area (TPSA) is 108 Å². The Morgan fingerprint density at radius 2 is 1.09 bits per heavy atom.